The normalized spacial score (nSPS) is 43.8. The molecule has 5 atom stereocenters. The Morgan fingerprint density at radius 3 is 2.25 bits per heavy atom. The van der Waals surface area contributed by atoms with Gasteiger partial charge in [0, 0.05) is 0 Å². The monoisotopic (exact) mass is 291 g/mol. The molecule has 1 amide bonds. The highest BCUT2D eigenvalue weighted by Crippen LogP contribution is 2.40. The van der Waals surface area contributed by atoms with Crippen molar-refractivity contribution in [2.45, 2.75) is 62.6 Å². The molecule has 2 fully saturated rings. The van der Waals surface area contributed by atoms with Gasteiger partial charge in [-0.15, -0.1) is 0 Å². The first-order chi connectivity index (χ1) is 9.35. The molecule has 8 heteroatoms. The number of aliphatic hydroxyl groups excluding tert-OH is 4. The van der Waals surface area contributed by atoms with E-state index in [0.717, 1.165) is 0 Å². The van der Waals surface area contributed by atoms with E-state index < -0.39 is 48.4 Å². The fourth-order valence-electron chi connectivity index (χ4n) is 2.64. The molecule has 2 aliphatic rings. The van der Waals surface area contributed by atoms with Crippen LogP contribution >= 0.6 is 0 Å². The Morgan fingerprint density at radius 2 is 1.80 bits per heavy atom. The molecule has 8 nitrogen and oxygen atoms in total. The average molecular weight is 291 g/mol. The van der Waals surface area contributed by atoms with Crippen LogP contribution in [0.4, 0.5) is 0 Å². The van der Waals surface area contributed by atoms with Gasteiger partial charge in [0.05, 0.1) is 6.61 Å². The number of aliphatic hydroxyl groups is 4. The van der Waals surface area contributed by atoms with Gasteiger partial charge in [0.25, 0.3) is 11.7 Å². The molecule has 2 heterocycles. The molecule has 116 valence electrons. The van der Waals surface area contributed by atoms with Crippen LogP contribution in [0.1, 0.15) is 26.7 Å². The molecular formula is C12H21NO7. The Bertz CT molecular complexity index is 384. The van der Waals surface area contributed by atoms with Gasteiger partial charge in [-0.25, -0.2) is 0 Å². The zero-order chi connectivity index (χ0) is 15.1. The van der Waals surface area contributed by atoms with Crippen LogP contribution in [0.25, 0.3) is 0 Å². The first-order valence-corrected chi connectivity index (χ1v) is 6.71. The van der Waals surface area contributed by atoms with Gasteiger partial charge < -0.3 is 35.2 Å². The minimum absolute atomic E-state index is 0.440. The van der Waals surface area contributed by atoms with Crippen molar-refractivity contribution in [1.82, 2.24) is 5.32 Å². The highest BCUT2D eigenvalue weighted by atomic mass is 16.8. The summed E-state index contributed by atoms with van der Waals surface area (Å²) in [5.41, 5.74) is -1.000. The minimum atomic E-state index is -2.11. The molecule has 2 saturated heterocycles. The van der Waals surface area contributed by atoms with E-state index >= 15 is 0 Å². The third-order valence-corrected chi connectivity index (χ3v) is 4.10. The lowest BCUT2D eigenvalue weighted by molar-refractivity contribution is -0.354. The van der Waals surface area contributed by atoms with Crippen LogP contribution in [0, 0.1) is 0 Å². The van der Waals surface area contributed by atoms with E-state index in [0.29, 0.717) is 12.8 Å². The van der Waals surface area contributed by atoms with Crippen molar-refractivity contribution in [3.05, 3.63) is 0 Å². The predicted molar refractivity (Wildman–Crippen MR) is 65.3 cm³/mol. The van der Waals surface area contributed by atoms with Crippen LogP contribution < -0.4 is 5.32 Å². The first-order valence-electron chi connectivity index (χ1n) is 6.71. The quantitative estimate of drug-likeness (QED) is 0.400. The number of amides is 1. The second-order valence-electron chi connectivity index (χ2n) is 5.19. The van der Waals surface area contributed by atoms with E-state index in [1.165, 1.54) is 0 Å². The standard InChI is InChI=1S/C12H21NO7/c1-3-11(4-2)13-10(18)12(20-11)9(17)8(16)7(15)6(5-14)19-12/h6-9,14-17H,3-5H2,1-2H3,(H,13,18)/t6-,7-,8+,9-,12+/m1/s1. The Balaban J connectivity index is 2.36. The summed E-state index contributed by atoms with van der Waals surface area (Å²) in [6.45, 7) is 2.98. The zero-order valence-corrected chi connectivity index (χ0v) is 11.4. The third-order valence-electron chi connectivity index (χ3n) is 4.10. The summed E-state index contributed by atoms with van der Waals surface area (Å²) in [6, 6.07) is 0. The summed E-state index contributed by atoms with van der Waals surface area (Å²) in [4.78, 5) is 12.2. The second-order valence-corrected chi connectivity index (χ2v) is 5.19. The summed E-state index contributed by atoms with van der Waals surface area (Å²) in [6.07, 6.45) is -5.25. The number of rotatable bonds is 3. The third kappa shape index (κ3) is 2.03. The fourth-order valence-corrected chi connectivity index (χ4v) is 2.64. The summed E-state index contributed by atoms with van der Waals surface area (Å²) >= 11 is 0. The lowest BCUT2D eigenvalue weighted by atomic mass is 9.92. The van der Waals surface area contributed by atoms with Gasteiger partial charge in [0.1, 0.15) is 30.1 Å². The number of carbonyl (C=O) groups excluding carboxylic acids is 1. The minimum Gasteiger partial charge on any atom is -0.394 e. The number of nitrogens with one attached hydrogen (secondary N) is 1. The van der Waals surface area contributed by atoms with Gasteiger partial charge in [-0.2, -0.15) is 0 Å². The molecular weight excluding hydrogens is 270 g/mol. The van der Waals surface area contributed by atoms with E-state index in [-0.39, 0.29) is 0 Å². The smallest absolute Gasteiger partial charge is 0.285 e. The van der Waals surface area contributed by atoms with Gasteiger partial charge in [-0.05, 0) is 12.8 Å². The lowest BCUT2D eigenvalue weighted by Crippen LogP contribution is -2.68. The summed E-state index contributed by atoms with van der Waals surface area (Å²) in [5.74, 6) is -2.84. The molecule has 1 spiro atoms. The lowest BCUT2D eigenvalue weighted by Gasteiger charge is -2.44. The molecule has 0 unspecified atom stereocenters. The van der Waals surface area contributed by atoms with Crippen LogP contribution in [0.15, 0.2) is 0 Å². The molecule has 20 heavy (non-hydrogen) atoms. The molecule has 2 aliphatic heterocycles. The van der Waals surface area contributed by atoms with E-state index in [9.17, 15) is 25.2 Å². The molecule has 0 bridgehead atoms. The Kier molecular flexibility index (Phi) is 4.07. The van der Waals surface area contributed by atoms with Crippen LogP contribution in [-0.4, -0.2) is 68.9 Å². The van der Waals surface area contributed by atoms with Crippen LogP contribution in [-0.2, 0) is 14.3 Å². The van der Waals surface area contributed by atoms with Crippen molar-refractivity contribution >= 4 is 5.91 Å². The number of hydrogen-bond donors (Lipinski definition) is 5. The van der Waals surface area contributed by atoms with Gasteiger partial charge in [0.15, 0.2) is 0 Å². The Labute approximate surface area is 116 Å². The maximum Gasteiger partial charge on any atom is 0.285 e. The van der Waals surface area contributed by atoms with Gasteiger partial charge in [0.2, 0.25) is 0 Å². The summed E-state index contributed by atoms with van der Waals surface area (Å²) in [5, 5.41) is 41.5. The number of carbonyl (C=O) groups is 1. The molecule has 0 radical (unpaired) electrons. The van der Waals surface area contributed by atoms with Crippen molar-refractivity contribution in [3.63, 3.8) is 0 Å². The van der Waals surface area contributed by atoms with Crippen molar-refractivity contribution in [2.24, 2.45) is 0 Å². The highest BCUT2D eigenvalue weighted by molar-refractivity contribution is 5.87. The van der Waals surface area contributed by atoms with Crippen molar-refractivity contribution < 1.29 is 34.7 Å². The Morgan fingerprint density at radius 1 is 1.20 bits per heavy atom. The van der Waals surface area contributed by atoms with Gasteiger partial charge >= 0.3 is 0 Å². The van der Waals surface area contributed by atoms with Crippen LogP contribution in [0.2, 0.25) is 0 Å². The van der Waals surface area contributed by atoms with E-state index in [1.54, 1.807) is 13.8 Å². The van der Waals surface area contributed by atoms with E-state index in [4.69, 9.17) is 9.47 Å². The molecule has 5 N–H and O–H groups in total. The molecule has 0 saturated carbocycles. The summed E-state index contributed by atoms with van der Waals surface area (Å²) < 4.78 is 10.9. The van der Waals surface area contributed by atoms with Crippen molar-refractivity contribution in [2.75, 3.05) is 6.61 Å². The highest BCUT2D eigenvalue weighted by Gasteiger charge is 2.66. The summed E-state index contributed by atoms with van der Waals surface area (Å²) in [7, 11) is 0. The number of hydrogen-bond acceptors (Lipinski definition) is 7. The molecule has 0 aliphatic carbocycles. The van der Waals surface area contributed by atoms with Crippen molar-refractivity contribution in [1.29, 1.82) is 0 Å². The molecule has 0 aromatic rings. The number of ether oxygens (including phenoxy) is 2. The molecule has 0 aromatic heterocycles. The van der Waals surface area contributed by atoms with Crippen LogP contribution in [0.3, 0.4) is 0 Å². The molecule has 0 aromatic carbocycles. The van der Waals surface area contributed by atoms with E-state index in [2.05, 4.69) is 5.32 Å². The largest absolute Gasteiger partial charge is 0.394 e. The maximum atomic E-state index is 12.2. The SMILES string of the molecule is CCC1(CC)NC(=O)[C@@]2(O[C@H](CO)[C@@H](O)[C@H](O)[C@H]2O)O1. The van der Waals surface area contributed by atoms with Gasteiger partial charge in [-0.3, -0.25) is 4.79 Å². The fraction of sp³-hybridized carbons (Fsp3) is 0.917. The Hall–Kier alpha value is -0.770. The van der Waals surface area contributed by atoms with E-state index in [1.807, 2.05) is 0 Å². The topological polar surface area (TPSA) is 128 Å². The average Bonchev–Trinajstić information content (AvgIpc) is 2.75. The second kappa shape index (κ2) is 5.21. The first kappa shape index (κ1) is 15.6. The van der Waals surface area contributed by atoms with Gasteiger partial charge in [-0.1, -0.05) is 13.8 Å². The zero-order valence-electron chi connectivity index (χ0n) is 11.4. The maximum absolute atomic E-state index is 12.2. The van der Waals surface area contributed by atoms with Crippen LogP contribution in [0.5, 0.6) is 0 Å². The predicted octanol–water partition coefficient (Wildman–Crippen LogP) is -2.18. The molecule has 2 rings (SSSR count). The van der Waals surface area contributed by atoms with Crippen molar-refractivity contribution in [3.8, 4) is 0 Å².